The van der Waals surface area contributed by atoms with E-state index in [4.69, 9.17) is 0 Å². The molecule has 0 spiro atoms. The van der Waals surface area contributed by atoms with Gasteiger partial charge in [-0.2, -0.15) is 10.1 Å². The van der Waals surface area contributed by atoms with Crippen molar-refractivity contribution < 1.29 is 15.2 Å². The molecule has 0 bridgehead atoms. The van der Waals surface area contributed by atoms with Crippen LogP contribution in [0.15, 0.2) is 24.3 Å². The van der Waals surface area contributed by atoms with E-state index in [0.29, 0.717) is 25.2 Å². The van der Waals surface area contributed by atoms with Gasteiger partial charge in [0.25, 0.3) is 0 Å². The predicted molar refractivity (Wildman–Crippen MR) is 119 cm³/mol. The van der Waals surface area contributed by atoms with Gasteiger partial charge >= 0.3 is 0 Å². The number of rotatable bonds is 3. The molecule has 5 nitrogen and oxygen atoms in total. The molecule has 3 rings (SSSR count). The number of benzene rings is 1. The summed E-state index contributed by atoms with van der Waals surface area (Å²) in [6.45, 7) is 14.5. The zero-order valence-corrected chi connectivity index (χ0v) is 19.8. The molecule has 3 unspecified atom stereocenters. The first-order valence-corrected chi connectivity index (χ1v) is 11.3. The summed E-state index contributed by atoms with van der Waals surface area (Å²) in [7, 11) is 0. The van der Waals surface area contributed by atoms with Crippen LogP contribution < -0.4 is 0 Å². The summed E-state index contributed by atoms with van der Waals surface area (Å²) in [5.74, 6) is 0.589. The van der Waals surface area contributed by atoms with Crippen LogP contribution in [0.25, 0.3) is 0 Å². The average molecular weight is 417 g/mol. The van der Waals surface area contributed by atoms with Crippen molar-refractivity contribution in [3.8, 4) is 0 Å². The minimum Gasteiger partial charge on any atom is -0.313 e. The van der Waals surface area contributed by atoms with E-state index in [1.807, 2.05) is 20.8 Å². The van der Waals surface area contributed by atoms with E-state index >= 15 is 0 Å². The first-order valence-electron chi connectivity index (χ1n) is 11.3. The maximum absolute atomic E-state index is 12.4. The van der Waals surface area contributed by atoms with Crippen LogP contribution in [0.5, 0.6) is 0 Å². The Hall–Kier alpha value is -1.27. The fourth-order valence-electron chi connectivity index (χ4n) is 5.72. The third kappa shape index (κ3) is 3.97. The van der Waals surface area contributed by atoms with Crippen molar-refractivity contribution in [2.24, 2.45) is 5.92 Å². The highest BCUT2D eigenvalue weighted by atomic mass is 16.5. The molecule has 2 aliphatic heterocycles. The predicted octanol–water partition coefficient (Wildman–Crippen LogP) is 5.33. The van der Waals surface area contributed by atoms with Crippen LogP contribution >= 0.6 is 0 Å². The van der Waals surface area contributed by atoms with Crippen LogP contribution in [-0.4, -0.2) is 42.9 Å². The lowest BCUT2D eigenvalue weighted by Crippen LogP contribution is -2.58. The molecule has 0 aliphatic carbocycles. The summed E-state index contributed by atoms with van der Waals surface area (Å²) in [6.07, 6.45) is 4.04. The Morgan fingerprint density at radius 3 is 2.13 bits per heavy atom. The first kappa shape index (κ1) is 23.4. The van der Waals surface area contributed by atoms with Crippen molar-refractivity contribution in [2.45, 2.75) is 109 Å². The van der Waals surface area contributed by atoms with Crippen LogP contribution in [0, 0.1) is 5.92 Å². The lowest BCUT2D eigenvalue weighted by atomic mass is 9.79. The molecule has 0 amide bonds. The fourth-order valence-corrected chi connectivity index (χ4v) is 5.72. The molecular formula is C25H40N2O3. The lowest BCUT2D eigenvalue weighted by molar-refractivity contribution is -0.233. The Morgan fingerprint density at radius 1 is 1.00 bits per heavy atom. The summed E-state index contributed by atoms with van der Waals surface area (Å²) in [6, 6.07) is 8.35. The summed E-state index contributed by atoms with van der Waals surface area (Å²) in [5, 5.41) is 24.9. The van der Waals surface area contributed by atoms with Crippen molar-refractivity contribution in [1.82, 2.24) is 10.1 Å². The van der Waals surface area contributed by atoms with Gasteiger partial charge < -0.3 is 10.4 Å². The Morgan fingerprint density at radius 2 is 1.60 bits per heavy atom. The number of hydrogen-bond acceptors (Lipinski definition) is 5. The minimum atomic E-state index is -0.640. The third-order valence-electron chi connectivity index (χ3n) is 7.99. The molecule has 2 saturated heterocycles. The molecule has 0 saturated carbocycles. The second kappa shape index (κ2) is 7.70. The van der Waals surface area contributed by atoms with E-state index in [2.05, 4.69) is 52.0 Å². The summed E-state index contributed by atoms with van der Waals surface area (Å²) in [4.78, 5) is 12.4. The maximum atomic E-state index is 12.4. The van der Waals surface area contributed by atoms with Gasteiger partial charge in [-0.05, 0) is 84.3 Å². The SMILES string of the molecule is CC1CC(C)(c2ccc(CC3(C)CC(=O)CCCC(C)(C)N3O)cc2)N(O)C1(C)C. The van der Waals surface area contributed by atoms with Gasteiger partial charge in [0.05, 0.1) is 11.1 Å². The van der Waals surface area contributed by atoms with Gasteiger partial charge in [-0.1, -0.05) is 31.2 Å². The van der Waals surface area contributed by atoms with Crippen LogP contribution in [0.3, 0.4) is 0 Å². The number of hydroxylamine groups is 4. The van der Waals surface area contributed by atoms with Crippen LogP contribution in [0.2, 0.25) is 0 Å². The number of hydrogen-bond donors (Lipinski definition) is 2. The van der Waals surface area contributed by atoms with E-state index in [-0.39, 0.29) is 16.9 Å². The zero-order valence-electron chi connectivity index (χ0n) is 19.8. The van der Waals surface area contributed by atoms with Crippen molar-refractivity contribution in [3.05, 3.63) is 35.4 Å². The zero-order chi connectivity index (χ0) is 22.5. The summed E-state index contributed by atoms with van der Waals surface area (Å²) >= 11 is 0. The normalized spacial score (nSPS) is 35.2. The standard InChI is InChI=1S/C25H40N2O3/c1-18-15-25(7,27(30)23(18,4)5)20-12-10-19(11-13-20)16-24(6)17-21(28)9-8-14-22(2,3)26(24)29/h10-13,18,29-30H,8-9,14-17H2,1-7H3. The van der Waals surface area contributed by atoms with Crippen molar-refractivity contribution in [2.75, 3.05) is 0 Å². The van der Waals surface area contributed by atoms with Gasteiger partial charge in [0, 0.05) is 23.9 Å². The highest BCUT2D eigenvalue weighted by molar-refractivity contribution is 5.79. The monoisotopic (exact) mass is 416 g/mol. The van der Waals surface area contributed by atoms with E-state index in [1.165, 1.54) is 10.1 Å². The number of ketones is 1. The smallest absolute Gasteiger partial charge is 0.134 e. The number of nitrogens with zero attached hydrogens (tertiary/aromatic N) is 2. The average Bonchev–Trinajstić information content (AvgIpc) is 2.81. The highest BCUT2D eigenvalue weighted by Crippen LogP contribution is 2.49. The number of carbonyl (C=O) groups is 1. The van der Waals surface area contributed by atoms with Gasteiger partial charge in [0.2, 0.25) is 0 Å². The molecule has 2 N–H and O–H groups in total. The van der Waals surface area contributed by atoms with Gasteiger partial charge in [-0.3, -0.25) is 4.79 Å². The van der Waals surface area contributed by atoms with Crippen molar-refractivity contribution in [3.63, 3.8) is 0 Å². The van der Waals surface area contributed by atoms with E-state index in [0.717, 1.165) is 30.4 Å². The van der Waals surface area contributed by atoms with Gasteiger partial charge in [0.15, 0.2) is 0 Å². The largest absolute Gasteiger partial charge is 0.313 e. The maximum Gasteiger partial charge on any atom is 0.134 e. The van der Waals surface area contributed by atoms with Crippen molar-refractivity contribution >= 4 is 5.78 Å². The molecule has 2 heterocycles. The number of carbonyl (C=O) groups excluding carboxylic acids is 1. The molecule has 1 aromatic rings. The quantitative estimate of drug-likeness (QED) is 0.698. The molecule has 5 heteroatoms. The van der Waals surface area contributed by atoms with Crippen LogP contribution in [0.4, 0.5) is 0 Å². The number of Topliss-reactive ketones (excluding diaryl/α,β-unsaturated/α-hetero) is 1. The Bertz CT molecular complexity index is 788. The fraction of sp³-hybridized carbons (Fsp3) is 0.720. The van der Waals surface area contributed by atoms with E-state index in [1.54, 1.807) is 0 Å². The second-order valence-electron chi connectivity index (χ2n) is 11.4. The molecule has 30 heavy (non-hydrogen) atoms. The highest BCUT2D eigenvalue weighted by Gasteiger charge is 2.52. The van der Waals surface area contributed by atoms with Gasteiger partial charge in [0.1, 0.15) is 5.78 Å². The minimum absolute atomic E-state index is 0.217. The Labute approximate surface area is 182 Å². The molecule has 2 fully saturated rings. The first-order chi connectivity index (χ1) is 13.7. The van der Waals surface area contributed by atoms with E-state index in [9.17, 15) is 15.2 Å². The van der Waals surface area contributed by atoms with Gasteiger partial charge in [-0.15, -0.1) is 0 Å². The molecule has 168 valence electrons. The van der Waals surface area contributed by atoms with E-state index < -0.39 is 11.1 Å². The molecular weight excluding hydrogens is 376 g/mol. The molecule has 0 radical (unpaired) electrons. The molecule has 0 aromatic heterocycles. The van der Waals surface area contributed by atoms with Crippen molar-refractivity contribution in [1.29, 1.82) is 0 Å². The molecule has 3 atom stereocenters. The second-order valence-corrected chi connectivity index (χ2v) is 11.4. The third-order valence-corrected chi connectivity index (χ3v) is 7.99. The summed E-state index contributed by atoms with van der Waals surface area (Å²) in [5.41, 5.74) is 0.468. The topological polar surface area (TPSA) is 64.0 Å². The lowest BCUT2D eigenvalue weighted by Gasteiger charge is -2.47. The Balaban J connectivity index is 1.85. The van der Waals surface area contributed by atoms with Crippen LogP contribution in [0.1, 0.15) is 91.7 Å². The Kier molecular flexibility index (Phi) is 6.00. The summed E-state index contributed by atoms with van der Waals surface area (Å²) < 4.78 is 0. The van der Waals surface area contributed by atoms with Crippen LogP contribution in [-0.2, 0) is 16.8 Å². The molecule has 2 aliphatic rings. The molecule has 1 aromatic carbocycles. The van der Waals surface area contributed by atoms with Gasteiger partial charge in [-0.25, -0.2) is 0 Å².